The Morgan fingerprint density at radius 2 is 2.13 bits per heavy atom. The molecular weight excluding hydrogens is 188 g/mol. The number of carbonyl (C=O) groups excluding carboxylic acids is 1. The van der Waals surface area contributed by atoms with Crippen LogP contribution >= 0.6 is 0 Å². The van der Waals surface area contributed by atoms with Gasteiger partial charge in [0.15, 0.2) is 0 Å². The third-order valence-corrected chi connectivity index (χ3v) is 4.21. The van der Waals surface area contributed by atoms with E-state index in [9.17, 15) is 4.79 Å². The highest BCUT2D eigenvalue weighted by Gasteiger charge is 2.38. The van der Waals surface area contributed by atoms with E-state index in [2.05, 4.69) is 12.2 Å². The summed E-state index contributed by atoms with van der Waals surface area (Å²) in [6, 6.07) is 0. The Morgan fingerprint density at radius 3 is 2.80 bits per heavy atom. The predicted molar refractivity (Wildman–Crippen MR) is 60.2 cm³/mol. The predicted octanol–water partition coefficient (Wildman–Crippen LogP) is 1.13. The van der Waals surface area contributed by atoms with Crippen LogP contribution in [0.5, 0.6) is 0 Å². The lowest BCUT2D eigenvalue weighted by molar-refractivity contribution is -0.123. The van der Waals surface area contributed by atoms with Crippen molar-refractivity contribution in [2.24, 2.45) is 29.4 Å². The molecule has 0 radical (unpaired) electrons. The molecule has 0 bridgehead atoms. The van der Waals surface area contributed by atoms with Crippen molar-refractivity contribution in [2.75, 3.05) is 13.1 Å². The molecule has 1 aliphatic carbocycles. The molecule has 3 heteroatoms. The largest absolute Gasteiger partial charge is 0.369 e. The van der Waals surface area contributed by atoms with Crippen molar-refractivity contribution in [2.45, 2.75) is 32.6 Å². The minimum Gasteiger partial charge on any atom is -0.369 e. The number of carbonyl (C=O) groups is 1. The summed E-state index contributed by atoms with van der Waals surface area (Å²) in [6.07, 6.45) is 5.27. The first-order valence-corrected chi connectivity index (χ1v) is 6.18. The topological polar surface area (TPSA) is 55.1 Å². The SMILES string of the molecule is CC1CCCC(C2CNCC2C(N)=O)C1. The highest BCUT2D eigenvalue weighted by Crippen LogP contribution is 2.37. The molecule has 1 aliphatic heterocycles. The first-order valence-electron chi connectivity index (χ1n) is 6.18. The summed E-state index contributed by atoms with van der Waals surface area (Å²) in [5, 5.41) is 3.32. The third-order valence-electron chi connectivity index (χ3n) is 4.21. The summed E-state index contributed by atoms with van der Waals surface area (Å²) in [7, 11) is 0. The summed E-state index contributed by atoms with van der Waals surface area (Å²) >= 11 is 0. The Kier molecular flexibility index (Phi) is 3.29. The second kappa shape index (κ2) is 4.52. The van der Waals surface area contributed by atoms with E-state index < -0.39 is 0 Å². The van der Waals surface area contributed by atoms with Crippen LogP contribution in [0.2, 0.25) is 0 Å². The minimum atomic E-state index is -0.108. The Labute approximate surface area is 91.8 Å². The first kappa shape index (κ1) is 10.9. The Balaban J connectivity index is 1.99. The van der Waals surface area contributed by atoms with Crippen LogP contribution in [0.15, 0.2) is 0 Å². The van der Waals surface area contributed by atoms with E-state index in [-0.39, 0.29) is 11.8 Å². The number of primary amides is 1. The van der Waals surface area contributed by atoms with Crippen LogP contribution in [0.3, 0.4) is 0 Å². The molecule has 1 heterocycles. The van der Waals surface area contributed by atoms with Gasteiger partial charge in [-0.1, -0.05) is 26.2 Å². The van der Waals surface area contributed by atoms with Gasteiger partial charge >= 0.3 is 0 Å². The number of hydrogen-bond donors (Lipinski definition) is 2. The molecule has 15 heavy (non-hydrogen) atoms. The molecule has 2 rings (SSSR count). The molecule has 0 aromatic heterocycles. The van der Waals surface area contributed by atoms with Crippen molar-refractivity contribution in [1.82, 2.24) is 5.32 Å². The Hall–Kier alpha value is -0.570. The average molecular weight is 210 g/mol. The first-order chi connectivity index (χ1) is 7.18. The zero-order valence-corrected chi connectivity index (χ0v) is 9.54. The number of rotatable bonds is 2. The zero-order valence-electron chi connectivity index (χ0n) is 9.54. The van der Waals surface area contributed by atoms with Gasteiger partial charge in [0.25, 0.3) is 0 Å². The number of nitrogens with one attached hydrogen (secondary N) is 1. The van der Waals surface area contributed by atoms with Gasteiger partial charge in [-0.3, -0.25) is 4.79 Å². The van der Waals surface area contributed by atoms with Crippen molar-refractivity contribution in [3.8, 4) is 0 Å². The second-order valence-corrected chi connectivity index (χ2v) is 5.36. The zero-order chi connectivity index (χ0) is 10.8. The van der Waals surface area contributed by atoms with E-state index in [0.717, 1.165) is 24.9 Å². The molecule has 4 atom stereocenters. The molecule has 1 amide bonds. The van der Waals surface area contributed by atoms with E-state index in [4.69, 9.17) is 5.73 Å². The molecule has 1 saturated carbocycles. The van der Waals surface area contributed by atoms with Gasteiger partial charge in [0.1, 0.15) is 0 Å². The van der Waals surface area contributed by atoms with Gasteiger partial charge in [-0.2, -0.15) is 0 Å². The lowest BCUT2D eigenvalue weighted by Crippen LogP contribution is -2.34. The summed E-state index contributed by atoms with van der Waals surface area (Å²) in [5.41, 5.74) is 5.45. The average Bonchev–Trinajstić information content (AvgIpc) is 2.65. The monoisotopic (exact) mass is 210 g/mol. The van der Waals surface area contributed by atoms with Crippen molar-refractivity contribution in [3.05, 3.63) is 0 Å². The van der Waals surface area contributed by atoms with E-state index in [1.54, 1.807) is 0 Å². The van der Waals surface area contributed by atoms with Gasteiger partial charge in [-0.25, -0.2) is 0 Å². The van der Waals surface area contributed by atoms with Crippen molar-refractivity contribution < 1.29 is 4.79 Å². The number of amides is 1. The molecule has 1 saturated heterocycles. The van der Waals surface area contributed by atoms with E-state index in [1.807, 2.05) is 0 Å². The summed E-state index contributed by atoms with van der Waals surface area (Å²) in [6.45, 7) is 4.11. The molecule has 2 fully saturated rings. The van der Waals surface area contributed by atoms with E-state index in [1.165, 1.54) is 25.7 Å². The number of nitrogens with two attached hydrogens (primary N) is 1. The normalized spacial score (nSPS) is 41.7. The lowest BCUT2D eigenvalue weighted by Gasteiger charge is -2.32. The van der Waals surface area contributed by atoms with Crippen molar-refractivity contribution in [3.63, 3.8) is 0 Å². The molecule has 4 unspecified atom stereocenters. The summed E-state index contributed by atoms with van der Waals surface area (Å²) < 4.78 is 0. The fourth-order valence-electron chi connectivity index (χ4n) is 3.38. The van der Waals surface area contributed by atoms with Crippen molar-refractivity contribution in [1.29, 1.82) is 0 Å². The lowest BCUT2D eigenvalue weighted by atomic mass is 9.72. The maximum absolute atomic E-state index is 11.3. The smallest absolute Gasteiger partial charge is 0.222 e. The fourth-order valence-corrected chi connectivity index (χ4v) is 3.38. The van der Waals surface area contributed by atoms with Crippen molar-refractivity contribution >= 4 is 5.91 Å². The standard InChI is InChI=1S/C12H22N2O/c1-8-3-2-4-9(5-8)10-6-14-7-11(10)12(13)15/h8-11,14H,2-7H2,1H3,(H2,13,15). The Bertz CT molecular complexity index is 242. The molecular formula is C12H22N2O. The maximum atomic E-state index is 11.3. The minimum absolute atomic E-state index is 0.0836. The molecule has 3 nitrogen and oxygen atoms in total. The van der Waals surface area contributed by atoms with E-state index >= 15 is 0 Å². The third kappa shape index (κ3) is 2.33. The number of hydrogen-bond acceptors (Lipinski definition) is 2. The van der Waals surface area contributed by atoms with Crippen LogP contribution in [0.25, 0.3) is 0 Å². The molecule has 86 valence electrons. The molecule has 2 aliphatic rings. The quantitative estimate of drug-likeness (QED) is 0.718. The van der Waals surface area contributed by atoms with Gasteiger partial charge in [-0.15, -0.1) is 0 Å². The van der Waals surface area contributed by atoms with Crippen LogP contribution < -0.4 is 11.1 Å². The molecule has 3 N–H and O–H groups in total. The van der Waals surface area contributed by atoms with Gasteiger partial charge in [0, 0.05) is 6.54 Å². The van der Waals surface area contributed by atoms with Gasteiger partial charge < -0.3 is 11.1 Å². The van der Waals surface area contributed by atoms with Crippen LogP contribution in [-0.4, -0.2) is 19.0 Å². The van der Waals surface area contributed by atoms with Crippen LogP contribution in [-0.2, 0) is 4.79 Å². The summed E-state index contributed by atoms with van der Waals surface area (Å²) in [5.74, 6) is 2.04. The van der Waals surface area contributed by atoms with E-state index in [0.29, 0.717) is 5.92 Å². The highest BCUT2D eigenvalue weighted by molar-refractivity contribution is 5.77. The molecule has 0 aromatic rings. The van der Waals surface area contributed by atoms with Crippen LogP contribution in [0, 0.1) is 23.7 Å². The highest BCUT2D eigenvalue weighted by atomic mass is 16.1. The fraction of sp³-hybridized carbons (Fsp3) is 0.917. The maximum Gasteiger partial charge on any atom is 0.222 e. The van der Waals surface area contributed by atoms with Crippen LogP contribution in [0.1, 0.15) is 32.6 Å². The van der Waals surface area contributed by atoms with Gasteiger partial charge in [0.2, 0.25) is 5.91 Å². The van der Waals surface area contributed by atoms with Gasteiger partial charge in [-0.05, 0) is 30.7 Å². The Morgan fingerprint density at radius 1 is 1.33 bits per heavy atom. The van der Waals surface area contributed by atoms with Crippen LogP contribution in [0.4, 0.5) is 0 Å². The second-order valence-electron chi connectivity index (χ2n) is 5.36. The van der Waals surface area contributed by atoms with Gasteiger partial charge in [0.05, 0.1) is 5.92 Å². The summed E-state index contributed by atoms with van der Waals surface area (Å²) in [4.78, 5) is 11.3. The molecule has 0 spiro atoms. The molecule has 0 aromatic carbocycles.